The number of allylic oxidation sites excluding steroid dienone is 3. The van der Waals surface area contributed by atoms with Crippen LogP contribution in [-0.4, -0.2) is 40.4 Å². The molecule has 0 spiro atoms. The van der Waals surface area contributed by atoms with Crippen LogP contribution in [0.1, 0.15) is 50.3 Å². The lowest BCUT2D eigenvalue weighted by Gasteiger charge is -2.46. The first-order chi connectivity index (χ1) is 19.7. The largest absolute Gasteiger partial charge is 0.549 e. The van der Waals surface area contributed by atoms with E-state index in [-0.39, 0.29) is 11.7 Å². The molecule has 3 atom stereocenters. The van der Waals surface area contributed by atoms with Crippen molar-refractivity contribution in [2.75, 3.05) is 6.54 Å². The van der Waals surface area contributed by atoms with E-state index in [1.165, 1.54) is 0 Å². The predicted octanol–water partition coefficient (Wildman–Crippen LogP) is 6.34. The highest BCUT2D eigenvalue weighted by Crippen LogP contribution is 2.55. The molecule has 1 aliphatic carbocycles. The Bertz CT molecular complexity index is 1320. The second-order valence-electron chi connectivity index (χ2n) is 11.7. The van der Waals surface area contributed by atoms with Gasteiger partial charge in [-0.3, -0.25) is 0 Å². The number of hydrogen-bond donors (Lipinski definition) is 0. The van der Waals surface area contributed by atoms with E-state index in [9.17, 15) is 14.7 Å². The number of carboxylic acid groups (broad SMARTS) is 1. The third kappa shape index (κ3) is 5.58. The van der Waals surface area contributed by atoms with Crippen LogP contribution in [0.15, 0.2) is 115 Å². The number of thioether (sulfide) groups is 1. The Balaban J connectivity index is 1.70. The minimum Gasteiger partial charge on any atom is -0.549 e. The zero-order valence-electron chi connectivity index (χ0n) is 23.7. The predicted molar refractivity (Wildman–Crippen MR) is 162 cm³/mol. The summed E-state index contributed by atoms with van der Waals surface area (Å²) in [6.07, 6.45) is 7.50. The van der Waals surface area contributed by atoms with Crippen LogP contribution in [0.25, 0.3) is 0 Å². The van der Waals surface area contributed by atoms with Crippen molar-refractivity contribution in [3.8, 4) is 0 Å². The highest BCUT2D eigenvalue weighted by Gasteiger charge is 2.54. The van der Waals surface area contributed by atoms with Gasteiger partial charge in [-0.05, 0) is 50.3 Å². The number of ether oxygens (including phenoxy) is 1. The number of rotatable bonds is 7. The first-order valence-corrected chi connectivity index (χ1v) is 15.0. The summed E-state index contributed by atoms with van der Waals surface area (Å²) >= 11 is 1.72. The van der Waals surface area contributed by atoms with Crippen LogP contribution in [0.4, 0.5) is 4.79 Å². The zero-order chi connectivity index (χ0) is 29.1. The Hall–Kier alpha value is -3.77. The maximum Gasteiger partial charge on any atom is 0.410 e. The minimum atomic E-state index is -1.39. The Labute approximate surface area is 246 Å². The summed E-state index contributed by atoms with van der Waals surface area (Å²) in [5, 5.41) is 12.8. The molecular formula is C35H36NO4S-. The van der Waals surface area contributed by atoms with Gasteiger partial charge in [-0.25, -0.2) is 4.79 Å². The van der Waals surface area contributed by atoms with Crippen LogP contribution in [0.2, 0.25) is 0 Å². The molecule has 1 heterocycles. The summed E-state index contributed by atoms with van der Waals surface area (Å²) < 4.78 is 5.15. The fraction of sp³-hybridized carbons (Fsp3) is 0.314. The first kappa shape index (κ1) is 28.7. The number of likely N-dealkylation sites (tertiary alicyclic amines) is 1. The number of carbonyl (C=O) groups excluding carboxylic acids is 2. The monoisotopic (exact) mass is 566 g/mol. The summed E-state index contributed by atoms with van der Waals surface area (Å²) in [4.78, 5) is 28.3. The van der Waals surface area contributed by atoms with Crippen LogP contribution >= 0.6 is 11.8 Å². The number of carboxylic acids is 1. The average Bonchev–Trinajstić information content (AvgIpc) is 3.41. The molecule has 1 amide bonds. The molecule has 5 nitrogen and oxygen atoms in total. The normalized spacial score (nSPS) is 22.5. The molecule has 3 aromatic carbocycles. The van der Waals surface area contributed by atoms with Crippen molar-refractivity contribution in [2.45, 2.75) is 55.3 Å². The number of nitrogens with zero attached hydrogens (tertiary/aromatic N) is 1. The molecule has 0 aromatic heterocycles. The highest BCUT2D eigenvalue weighted by atomic mass is 32.2. The molecule has 1 unspecified atom stereocenters. The van der Waals surface area contributed by atoms with E-state index in [4.69, 9.17) is 4.74 Å². The molecular weight excluding hydrogens is 530 g/mol. The summed E-state index contributed by atoms with van der Waals surface area (Å²) in [5.41, 5.74) is 1.14. The maximum atomic E-state index is 13.6. The maximum absolute atomic E-state index is 13.6. The van der Waals surface area contributed by atoms with Crippen molar-refractivity contribution in [2.24, 2.45) is 5.41 Å². The zero-order valence-corrected chi connectivity index (χ0v) is 24.6. The van der Waals surface area contributed by atoms with Crippen molar-refractivity contribution in [3.63, 3.8) is 0 Å². The molecule has 0 bridgehead atoms. The van der Waals surface area contributed by atoms with Crippen molar-refractivity contribution in [3.05, 3.63) is 132 Å². The molecule has 212 valence electrons. The van der Waals surface area contributed by atoms with Gasteiger partial charge in [0, 0.05) is 11.8 Å². The fourth-order valence-electron chi connectivity index (χ4n) is 6.10. The smallest absolute Gasteiger partial charge is 0.410 e. The van der Waals surface area contributed by atoms with Gasteiger partial charge in [0.25, 0.3) is 0 Å². The SMILES string of the molecule is CC(C)(C)OC(=O)N1CC[C@@H](SC(c2ccccc2)(c2ccccc2)c2ccccc2)[C@H]1C1(C(=O)[O-])C=CC=CC1. The van der Waals surface area contributed by atoms with Gasteiger partial charge in [0.05, 0.1) is 22.2 Å². The lowest BCUT2D eigenvalue weighted by molar-refractivity contribution is -0.318. The quantitative estimate of drug-likeness (QED) is 0.312. The molecule has 1 aliphatic heterocycles. The van der Waals surface area contributed by atoms with Crippen LogP contribution in [0.5, 0.6) is 0 Å². The molecule has 5 rings (SSSR count). The van der Waals surface area contributed by atoms with Crippen molar-refractivity contribution in [1.82, 2.24) is 4.90 Å². The van der Waals surface area contributed by atoms with Gasteiger partial charge in [0.15, 0.2) is 0 Å². The summed E-state index contributed by atoms with van der Waals surface area (Å²) in [6, 6.07) is 30.3. The second kappa shape index (κ2) is 11.6. The molecule has 1 fully saturated rings. The number of benzene rings is 3. The third-order valence-corrected chi connectivity index (χ3v) is 9.70. The Kier molecular flexibility index (Phi) is 8.14. The molecule has 0 radical (unpaired) electrons. The standard InChI is InChI=1S/C35H37NO4S/c1-33(2,3)40-32(39)36-25-22-29(30(36)34(31(37)38)23-14-7-15-24-34)41-35(26-16-8-4-9-17-26,27-18-10-5-11-19-27)28-20-12-6-13-21-28/h4-21,23,29-30H,22,24-25H2,1-3H3,(H,37,38)/p-1/t29-,30+,34?/m1/s1. The van der Waals surface area contributed by atoms with E-state index < -0.39 is 33.9 Å². The van der Waals surface area contributed by atoms with Gasteiger partial charge in [-0.15, -0.1) is 11.8 Å². The van der Waals surface area contributed by atoms with Gasteiger partial charge in [-0.2, -0.15) is 0 Å². The molecule has 2 aliphatic rings. The third-order valence-electron chi connectivity index (χ3n) is 7.84. The Morgan fingerprint density at radius 1 is 0.854 bits per heavy atom. The van der Waals surface area contributed by atoms with E-state index in [0.717, 1.165) is 16.7 Å². The molecule has 6 heteroatoms. The van der Waals surface area contributed by atoms with Gasteiger partial charge in [-0.1, -0.05) is 115 Å². The van der Waals surface area contributed by atoms with Gasteiger partial charge in [0.1, 0.15) is 5.60 Å². The van der Waals surface area contributed by atoms with Crippen LogP contribution in [0.3, 0.4) is 0 Å². The Morgan fingerprint density at radius 3 is 1.78 bits per heavy atom. The fourth-order valence-corrected chi connectivity index (χ4v) is 8.11. The first-order valence-electron chi connectivity index (χ1n) is 14.1. The van der Waals surface area contributed by atoms with Gasteiger partial charge in [0.2, 0.25) is 0 Å². The number of aliphatic carboxylic acids is 1. The van der Waals surface area contributed by atoms with Crippen molar-refractivity contribution in [1.29, 1.82) is 0 Å². The number of amides is 1. The summed E-state index contributed by atoms with van der Waals surface area (Å²) in [6.45, 7) is 5.86. The van der Waals surface area contributed by atoms with E-state index >= 15 is 0 Å². The van der Waals surface area contributed by atoms with Gasteiger partial charge >= 0.3 is 6.09 Å². The molecule has 0 N–H and O–H groups in total. The van der Waals surface area contributed by atoms with E-state index in [0.29, 0.717) is 13.0 Å². The molecule has 3 aromatic rings. The van der Waals surface area contributed by atoms with E-state index in [1.807, 2.05) is 87.5 Å². The van der Waals surface area contributed by atoms with Crippen LogP contribution < -0.4 is 5.11 Å². The summed E-state index contributed by atoms with van der Waals surface area (Å²) in [7, 11) is 0. The lowest BCUT2D eigenvalue weighted by atomic mass is 9.74. The Morgan fingerprint density at radius 2 is 1.37 bits per heavy atom. The van der Waals surface area contributed by atoms with E-state index in [2.05, 4.69) is 36.4 Å². The number of hydrogen-bond acceptors (Lipinski definition) is 5. The highest BCUT2D eigenvalue weighted by molar-refractivity contribution is 8.01. The second-order valence-corrected chi connectivity index (χ2v) is 13.1. The minimum absolute atomic E-state index is 0.238. The lowest BCUT2D eigenvalue weighted by Crippen LogP contribution is -2.58. The average molecular weight is 567 g/mol. The van der Waals surface area contributed by atoms with Gasteiger partial charge < -0.3 is 19.5 Å². The van der Waals surface area contributed by atoms with Crippen LogP contribution in [0, 0.1) is 5.41 Å². The topological polar surface area (TPSA) is 69.7 Å². The summed E-state index contributed by atoms with van der Waals surface area (Å²) in [5.74, 6) is -1.19. The molecule has 0 saturated carbocycles. The van der Waals surface area contributed by atoms with Crippen molar-refractivity contribution < 1.29 is 19.4 Å². The van der Waals surface area contributed by atoms with Crippen LogP contribution in [-0.2, 0) is 14.3 Å². The van der Waals surface area contributed by atoms with E-state index in [1.54, 1.807) is 28.8 Å². The number of carbonyl (C=O) groups is 2. The van der Waals surface area contributed by atoms with Crippen molar-refractivity contribution >= 4 is 23.8 Å². The molecule has 1 saturated heterocycles. The molecule has 41 heavy (non-hydrogen) atoms.